The molecular formula is C13H23ClN2O. The summed E-state index contributed by atoms with van der Waals surface area (Å²) < 4.78 is 0. The van der Waals surface area contributed by atoms with Crippen molar-refractivity contribution >= 4 is 18.3 Å². The van der Waals surface area contributed by atoms with Gasteiger partial charge < -0.3 is 10.2 Å². The number of hydrogen-bond donors (Lipinski definition) is 1. The van der Waals surface area contributed by atoms with E-state index in [0.717, 1.165) is 32.0 Å². The topological polar surface area (TPSA) is 32.3 Å². The van der Waals surface area contributed by atoms with Crippen molar-refractivity contribution in [2.24, 2.45) is 11.8 Å². The normalized spacial score (nSPS) is 32.6. The summed E-state index contributed by atoms with van der Waals surface area (Å²) in [5.74, 6) is 1.92. The molecule has 0 spiro atoms. The maximum Gasteiger partial charge on any atom is 0.223 e. The molecule has 2 unspecified atom stereocenters. The fraction of sp³-hybridized carbons (Fsp3) is 0.923. The number of likely N-dealkylation sites (tertiary alicyclic amines) is 1. The van der Waals surface area contributed by atoms with Gasteiger partial charge in [-0.2, -0.15) is 0 Å². The lowest BCUT2D eigenvalue weighted by Gasteiger charge is -2.30. The maximum atomic E-state index is 12.2. The fourth-order valence-electron chi connectivity index (χ4n) is 3.68. The van der Waals surface area contributed by atoms with Gasteiger partial charge in [-0.3, -0.25) is 4.79 Å². The van der Waals surface area contributed by atoms with E-state index in [1.807, 2.05) is 0 Å². The highest BCUT2D eigenvalue weighted by atomic mass is 35.5. The van der Waals surface area contributed by atoms with E-state index in [-0.39, 0.29) is 12.4 Å². The molecule has 2 saturated heterocycles. The number of hydrogen-bond acceptors (Lipinski definition) is 2. The van der Waals surface area contributed by atoms with Crippen LogP contribution < -0.4 is 5.32 Å². The van der Waals surface area contributed by atoms with Crippen molar-refractivity contribution in [2.45, 2.75) is 44.6 Å². The third kappa shape index (κ3) is 2.76. The van der Waals surface area contributed by atoms with Crippen LogP contribution in [0.1, 0.15) is 38.5 Å². The summed E-state index contributed by atoms with van der Waals surface area (Å²) in [4.78, 5) is 14.4. The number of amides is 1. The fourth-order valence-corrected chi connectivity index (χ4v) is 3.68. The van der Waals surface area contributed by atoms with Crippen LogP contribution in [-0.2, 0) is 4.79 Å². The molecule has 1 N–H and O–H groups in total. The largest absolute Gasteiger partial charge is 0.339 e. The van der Waals surface area contributed by atoms with E-state index in [2.05, 4.69) is 10.2 Å². The van der Waals surface area contributed by atoms with E-state index in [9.17, 15) is 4.79 Å². The van der Waals surface area contributed by atoms with Crippen LogP contribution in [0.15, 0.2) is 0 Å². The van der Waals surface area contributed by atoms with Crippen LogP contribution in [0, 0.1) is 11.8 Å². The quantitative estimate of drug-likeness (QED) is 0.819. The third-order valence-corrected chi connectivity index (χ3v) is 4.65. The minimum absolute atomic E-state index is 0. The highest BCUT2D eigenvalue weighted by molar-refractivity contribution is 5.85. The summed E-state index contributed by atoms with van der Waals surface area (Å²) in [6, 6.07) is 0.610. The summed E-state index contributed by atoms with van der Waals surface area (Å²) >= 11 is 0. The van der Waals surface area contributed by atoms with Crippen molar-refractivity contribution in [3.63, 3.8) is 0 Å². The van der Waals surface area contributed by atoms with Gasteiger partial charge in [0.05, 0.1) is 0 Å². The van der Waals surface area contributed by atoms with Crippen molar-refractivity contribution in [3.8, 4) is 0 Å². The van der Waals surface area contributed by atoms with Gasteiger partial charge in [0.25, 0.3) is 0 Å². The van der Waals surface area contributed by atoms with Gasteiger partial charge in [-0.1, -0.05) is 0 Å². The lowest BCUT2D eigenvalue weighted by atomic mass is 9.94. The van der Waals surface area contributed by atoms with Crippen LogP contribution in [0.5, 0.6) is 0 Å². The highest BCUT2D eigenvalue weighted by Gasteiger charge is 2.40. The van der Waals surface area contributed by atoms with Gasteiger partial charge in [-0.15, -0.1) is 12.4 Å². The van der Waals surface area contributed by atoms with Crippen LogP contribution in [-0.4, -0.2) is 36.5 Å². The Morgan fingerprint density at radius 1 is 1.18 bits per heavy atom. The Morgan fingerprint density at radius 3 is 2.53 bits per heavy atom. The summed E-state index contributed by atoms with van der Waals surface area (Å²) in [5.41, 5.74) is 0. The second-order valence-corrected chi connectivity index (χ2v) is 5.78. The number of carbonyl (C=O) groups excluding carboxylic acids is 1. The lowest BCUT2D eigenvalue weighted by molar-refractivity contribution is -0.134. The van der Waals surface area contributed by atoms with Crippen molar-refractivity contribution in [2.75, 3.05) is 19.6 Å². The van der Waals surface area contributed by atoms with E-state index in [0.29, 0.717) is 17.9 Å². The first-order valence-corrected chi connectivity index (χ1v) is 6.83. The van der Waals surface area contributed by atoms with E-state index < -0.39 is 0 Å². The van der Waals surface area contributed by atoms with Gasteiger partial charge in [-0.25, -0.2) is 0 Å². The molecule has 98 valence electrons. The molecule has 0 aromatic rings. The smallest absolute Gasteiger partial charge is 0.223 e. The number of piperidine rings is 2. The van der Waals surface area contributed by atoms with Crippen molar-refractivity contribution < 1.29 is 4.79 Å². The van der Waals surface area contributed by atoms with E-state index in [4.69, 9.17) is 0 Å². The number of nitrogens with one attached hydrogen (secondary N) is 1. The molecule has 0 aromatic carbocycles. The Balaban J connectivity index is 0.00000108. The standard InChI is InChI=1S/C13H22N2O.ClH/c16-13(8-10-3-5-14-6-4-10)15-9-11-1-2-12(15)7-11;/h10-12,14H,1-9H2;1H. The molecule has 0 aromatic heterocycles. The van der Waals surface area contributed by atoms with Gasteiger partial charge in [0, 0.05) is 19.0 Å². The molecule has 3 fully saturated rings. The van der Waals surface area contributed by atoms with Crippen molar-refractivity contribution in [1.82, 2.24) is 10.2 Å². The molecule has 1 aliphatic carbocycles. The first-order chi connectivity index (χ1) is 7.83. The molecule has 17 heavy (non-hydrogen) atoms. The van der Waals surface area contributed by atoms with E-state index in [1.54, 1.807) is 0 Å². The number of fused-ring (bicyclic) bond motifs is 2. The number of rotatable bonds is 2. The third-order valence-electron chi connectivity index (χ3n) is 4.65. The Labute approximate surface area is 110 Å². The Bertz CT molecular complexity index is 279. The molecule has 2 heterocycles. The second kappa shape index (κ2) is 5.57. The molecule has 3 rings (SSSR count). The molecular weight excluding hydrogens is 236 g/mol. The predicted molar refractivity (Wildman–Crippen MR) is 70.3 cm³/mol. The number of carbonyl (C=O) groups is 1. The number of nitrogens with zero attached hydrogens (tertiary/aromatic N) is 1. The van der Waals surface area contributed by atoms with Gasteiger partial charge >= 0.3 is 0 Å². The zero-order valence-electron chi connectivity index (χ0n) is 10.4. The predicted octanol–water partition coefficient (Wildman–Crippen LogP) is 1.81. The Kier molecular flexibility index (Phi) is 4.31. The molecule has 1 amide bonds. The average molecular weight is 259 g/mol. The maximum absolute atomic E-state index is 12.2. The van der Waals surface area contributed by atoms with Gasteiger partial charge in [-0.05, 0) is 57.0 Å². The highest BCUT2D eigenvalue weighted by Crippen LogP contribution is 2.38. The zero-order chi connectivity index (χ0) is 11.0. The SMILES string of the molecule is Cl.O=C(CC1CCNCC1)N1CC2CCC1C2. The lowest BCUT2D eigenvalue weighted by Crippen LogP contribution is -2.39. The minimum Gasteiger partial charge on any atom is -0.339 e. The summed E-state index contributed by atoms with van der Waals surface area (Å²) in [6.45, 7) is 3.27. The van der Waals surface area contributed by atoms with Crippen LogP contribution in [0.3, 0.4) is 0 Å². The molecule has 2 bridgehead atoms. The Hall–Kier alpha value is -0.280. The Morgan fingerprint density at radius 2 is 1.94 bits per heavy atom. The summed E-state index contributed by atoms with van der Waals surface area (Å²) in [7, 11) is 0. The van der Waals surface area contributed by atoms with Gasteiger partial charge in [0.2, 0.25) is 5.91 Å². The monoisotopic (exact) mass is 258 g/mol. The van der Waals surface area contributed by atoms with Gasteiger partial charge in [0.15, 0.2) is 0 Å². The summed E-state index contributed by atoms with van der Waals surface area (Å²) in [5, 5.41) is 3.36. The number of halogens is 1. The van der Waals surface area contributed by atoms with Crippen LogP contribution >= 0.6 is 12.4 Å². The zero-order valence-corrected chi connectivity index (χ0v) is 11.2. The molecule has 4 heteroatoms. The molecule has 3 nitrogen and oxygen atoms in total. The first kappa shape index (κ1) is 13.2. The van der Waals surface area contributed by atoms with Crippen LogP contribution in [0.25, 0.3) is 0 Å². The molecule has 2 atom stereocenters. The molecule has 1 saturated carbocycles. The minimum atomic E-state index is 0. The van der Waals surface area contributed by atoms with E-state index in [1.165, 1.54) is 32.1 Å². The first-order valence-electron chi connectivity index (χ1n) is 6.83. The van der Waals surface area contributed by atoms with Crippen molar-refractivity contribution in [1.29, 1.82) is 0 Å². The summed E-state index contributed by atoms with van der Waals surface area (Å²) in [6.07, 6.45) is 7.11. The molecule has 2 aliphatic heterocycles. The molecule has 0 radical (unpaired) electrons. The average Bonchev–Trinajstić information content (AvgIpc) is 2.92. The molecule has 3 aliphatic rings. The second-order valence-electron chi connectivity index (χ2n) is 5.78. The van der Waals surface area contributed by atoms with Gasteiger partial charge in [0.1, 0.15) is 0 Å². The van der Waals surface area contributed by atoms with Crippen molar-refractivity contribution in [3.05, 3.63) is 0 Å². The van der Waals surface area contributed by atoms with E-state index >= 15 is 0 Å². The van der Waals surface area contributed by atoms with Crippen LogP contribution in [0.4, 0.5) is 0 Å². The van der Waals surface area contributed by atoms with Crippen LogP contribution in [0.2, 0.25) is 0 Å².